The Labute approximate surface area is 199 Å². The molecule has 2 N–H and O–H groups in total. The molecule has 34 heavy (non-hydrogen) atoms. The first-order chi connectivity index (χ1) is 16.3. The van der Waals surface area contributed by atoms with Crippen LogP contribution in [0.3, 0.4) is 0 Å². The Morgan fingerprint density at radius 3 is 2.47 bits per heavy atom. The Kier molecular flexibility index (Phi) is 6.36. The third-order valence-electron chi connectivity index (χ3n) is 5.81. The van der Waals surface area contributed by atoms with Crippen LogP contribution in [0.15, 0.2) is 72.6 Å². The van der Waals surface area contributed by atoms with Gasteiger partial charge in [-0.3, -0.25) is 0 Å². The zero-order valence-corrected chi connectivity index (χ0v) is 19.8. The van der Waals surface area contributed by atoms with Crippen LogP contribution in [-0.2, 0) is 9.53 Å². The third-order valence-corrected chi connectivity index (χ3v) is 5.81. The molecule has 2 aromatic carbocycles. The second-order valence-electron chi connectivity index (χ2n) is 8.44. The molecule has 2 amide bonds. The molecule has 0 bridgehead atoms. The molecule has 0 saturated carbocycles. The predicted molar refractivity (Wildman–Crippen MR) is 131 cm³/mol. The third kappa shape index (κ3) is 4.37. The van der Waals surface area contributed by atoms with Crippen molar-refractivity contribution in [3.8, 4) is 16.9 Å². The smallest absolute Gasteiger partial charge is 0.338 e. The van der Waals surface area contributed by atoms with Crippen LogP contribution < -0.4 is 10.6 Å². The Hall–Kier alpha value is -4.13. The number of carbonyl (C=O) groups excluding carboxylic acids is 2. The maximum absolute atomic E-state index is 13.0. The van der Waals surface area contributed by atoms with E-state index in [9.17, 15) is 9.59 Å². The molecule has 174 valence electrons. The number of hydrogen-bond donors (Lipinski definition) is 2. The molecule has 1 aromatic heterocycles. The first kappa shape index (κ1) is 23.0. The molecule has 1 atom stereocenters. The van der Waals surface area contributed by atoms with Crippen molar-refractivity contribution in [1.82, 2.24) is 20.4 Å². The number of esters is 1. The molecule has 0 fully saturated rings. The summed E-state index contributed by atoms with van der Waals surface area (Å²) in [4.78, 5) is 25.5. The minimum absolute atomic E-state index is 0.0720. The number of ether oxygens (including phenoxy) is 1. The van der Waals surface area contributed by atoms with Crippen LogP contribution in [0.25, 0.3) is 16.9 Å². The van der Waals surface area contributed by atoms with Crippen molar-refractivity contribution in [3.63, 3.8) is 0 Å². The summed E-state index contributed by atoms with van der Waals surface area (Å²) >= 11 is 0. The topological polar surface area (TPSA) is 85.2 Å². The molecule has 1 aliphatic rings. The molecular formula is C27H28N4O3. The van der Waals surface area contributed by atoms with Gasteiger partial charge in [-0.15, -0.1) is 0 Å². The summed E-state index contributed by atoms with van der Waals surface area (Å²) < 4.78 is 7.13. The summed E-state index contributed by atoms with van der Waals surface area (Å²) in [5.41, 5.74) is 7.31. The molecule has 1 unspecified atom stereocenters. The molecule has 3 aromatic rings. The highest BCUT2D eigenvalue weighted by atomic mass is 16.5. The second kappa shape index (κ2) is 9.39. The van der Waals surface area contributed by atoms with Gasteiger partial charge in [0, 0.05) is 23.0 Å². The number of hydrogen-bond acceptors (Lipinski definition) is 4. The lowest BCUT2D eigenvalue weighted by Gasteiger charge is -2.28. The number of aryl methyl sites for hydroxylation is 3. The minimum atomic E-state index is -0.737. The van der Waals surface area contributed by atoms with Crippen molar-refractivity contribution in [3.05, 3.63) is 94.8 Å². The summed E-state index contributed by atoms with van der Waals surface area (Å²) in [6.45, 7) is 11.5. The van der Waals surface area contributed by atoms with Crippen LogP contribution in [0.1, 0.15) is 35.2 Å². The van der Waals surface area contributed by atoms with Gasteiger partial charge in [-0.25, -0.2) is 14.3 Å². The molecule has 0 spiro atoms. The van der Waals surface area contributed by atoms with Crippen LogP contribution in [0.5, 0.6) is 0 Å². The maximum Gasteiger partial charge on any atom is 0.338 e. The Balaban J connectivity index is 1.95. The van der Waals surface area contributed by atoms with Gasteiger partial charge in [0.15, 0.2) is 0 Å². The molecule has 2 heterocycles. The first-order valence-electron chi connectivity index (χ1n) is 11.1. The molecule has 0 saturated heterocycles. The van der Waals surface area contributed by atoms with Crippen LogP contribution in [0.4, 0.5) is 4.79 Å². The van der Waals surface area contributed by atoms with E-state index < -0.39 is 18.0 Å². The van der Waals surface area contributed by atoms with Crippen molar-refractivity contribution >= 4 is 12.0 Å². The zero-order chi connectivity index (χ0) is 24.4. The van der Waals surface area contributed by atoms with Crippen LogP contribution in [-0.4, -0.2) is 28.4 Å². The van der Waals surface area contributed by atoms with Crippen molar-refractivity contribution in [1.29, 1.82) is 0 Å². The summed E-state index contributed by atoms with van der Waals surface area (Å²) in [7, 11) is 0. The second-order valence-corrected chi connectivity index (χ2v) is 8.44. The number of rotatable bonds is 6. The van der Waals surface area contributed by atoms with Crippen molar-refractivity contribution in [2.24, 2.45) is 0 Å². The van der Waals surface area contributed by atoms with Gasteiger partial charge < -0.3 is 15.4 Å². The minimum Gasteiger partial charge on any atom is -0.458 e. The number of nitrogens with zero attached hydrogens (tertiary/aromatic N) is 2. The largest absolute Gasteiger partial charge is 0.458 e. The van der Waals surface area contributed by atoms with E-state index in [0.29, 0.717) is 22.5 Å². The lowest BCUT2D eigenvalue weighted by Crippen LogP contribution is -2.45. The molecule has 4 rings (SSSR count). The average molecular weight is 457 g/mol. The van der Waals surface area contributed by atoms with Crippen LogP contribution in [0, 0.1) is 20.8 Å². The van der Waals surface area contributed by atoms with E-state index in [-0.39, 0.29) is 6.61 Å². The fraction of sp³-hybridized carbons (Fsp3) is 0.222. The number of allylic oxidation sites excluding steroid dienone is 1. The van der Waals surface area contributed by atoms with E-state index >= 15 is 0 Å². The fourth-order valence-corrected chi connectivity index (χ4v) is 4.47. The lowest BCUT2D eigenvalue weighted by molar-refractivity contribution is -0.138. The van der Waals surface area contributed by atoms with E-state index in [0.717, 1.165) is 27.9 Å². The van der Waals surface area contributed by atoms with Crippen LogP contribution >= 0.6 is 0 Å². The molecule has 1 aliphatic heterocycles. The van der Waals surface area contributed by atoms with Gasteiger partial charge in [0.25, 0.3) is 0 Å². The fourth-order valence-electron chi connectivity index (χ4n) is 4.47. The van der Waals surface area contributed by atoms with Gasteiger partial charge in [-0.05, 0) is 51.0 Å². The standard InChI is InChI=1S/C27H28N4O3/c1-6-12-34-26(32)23-19(5)28-27(33)29-24(23)21-15-31(20-10-8-7-9-11-20)30-25(21)22-17(3)13-16(2)14-18(22)4/h6-11,13-15,24H,1,12H2,2-5H3,(H2,28,29,33). The Bertz CT molecular complexity index is 1280. The highest BCUT2D eigenvalue weighted by Crippen LogP contribution is 2.37. The monoisotopic (exact) mass is 456 g/mol. The number of aromatic nitrogens is 2. The zero-order valence-electron chi connectivity index (χ0n) is 19.8. The summed E-state index contributed by atoms with van der Waals surface area (Å²) in [5.74, 6) is -0.523. The number of benzene rings is 2. The normalized spacial score (nSPS) is 15.5. The lowest BCUT2D eigenvalue weighted by atomic mass is 9.90. The molecular weight excluding hydrogens is 428 g/mol. The molecule has 0 aliphatic carbocycles. The number of amides is 2. The molecule has 7 heteroatoms. The SMILES string of the molecule is C=CCOC(=O)C1=C(C)NC(=O)NC1c1cn(-c2ccccc2)nc1-c1c(C)cc(C)cc1C. The van der Waals surface area contributed by atoms with Crippen molar-refractivity contribution in [2.45, 2.75) is 33.7 Å². The summed E-state index contributed by atoms with van der Waals surface area (Å²) in [6, 6.07) is 12.8. The van der Waals surface area contributed by atoms with E-state index in [4.69, 9.17) is 9.84 Å². The van der Waals surface area contributed by atoms with Gasteiger partial charge in [-0.2, -0.15) is 5.10 Å². The number of nitrogens with one attached hydrogen (secondary N) is 2. The van der Waals surface area contributed by atoms with Crippen molar-refractivity contribution < 1.29 is 14.3 Å². The highest BCUT2D eigenvalue weighted by molar-refractivity contribution is 5.95. The summed E-state index contributed by atoms with van der Waals surface area (Å²) in [6.07, 6.45) is 3.38. The number of urea groups is 1. The van der Waals surface area contributed by atoms with E-state index in [2.05, 4.69) is 36.3 Å². The Morgan fingerprint density at radius 1 is 1.15 bits per heavy atom. The van der Waals surface area contributed by atoms with Gasteiger partial charge in [0.1, 0.15) is 6.61 Å². The first-order valence-corrected chi connectivity index (χ1v) is 11.1. The van der Waals surface area contributed by atoms with E-state index in [1.807, 2.05) is 50.4 Å². The van der Waals surface area contributed by atoms with E-state index in [1.54, 1.807) is 11.6 Å². The molecule has 0 radical (unpaired) electrons. The van der Waals surface area contributed by atoms with Gasteiger partial charge in [0.2, 0.25) is 0 Å². The quantitative estimate of drug-likeness (QED) is 0.411. The number of para-hydroxylation sites is 1. The van der Waals surface area contributed by atoms with Gasteiger partial charge in [-0.1, -0.05) is 48.6 Å². The molecule has 7 nitrogen and oxygen atoms in total. The average Bonchev–Trinajstić information content (AvgIpc) is 3.21. The Morgan fingerprint density at radius 2 is 1.82 bits per heavy atom. The van der Waals surface area contributed by atoms with Crippen LogP contribution in [0.2, 0.25) is 0 Å². The van der Waals surface area contributed by atoms with E-state index in [1.165, 1.54) is 6.08 Å². The predicted octanol–water partition coefficient (Wildman–Crippen LogP) is 4.82. The number of carbonyl (C=O) groups is 2. The highest BCUT2D eigenvalue weighted by Gasteiger charge is 2.35. The van der Waals surface area contributed by atoms with Gasteiger partial charge in [0.05, 0.1) is 23.0 Å². The maximum atomic E-state index is 13.0. The van der Waals surface area contributed by atoms with Crippen molar-refractivity contribution in [2.75, 3.05) is 6.61 Å². The van der Waals surface area contributed by atoms with Gasteiger partial charge >= 0.3 is 12.0 Å². The summed E-state index contributed by atoms with van der Waals surface area (Å²) in [5, 5.41) is 10.5.